The van der Waals surface area contributed by atoms with Gasteiger partial charge in [0.15, 0.2) is 0 Å². The Labute approximate surface area is 105 Å². The van der Waals surface area contributed by atoms with Gasteiger partial charge in [-0.25, -0.2) is 0 Å². The summed E-state index contributed by atoms with van der Waals surface area (Å²) in [5.74, 6) is 0.546. The lowest BCUT2D eigenvalue weighted by atomic mass is 9.93. The van der Waals surface area contributed by atoms with Gasteiger partial charge in [0.2, 0.25) is 0 Å². The Kier molecular flexibility index (Phi) is 5.16. The first-order chi connectivity index (χ1) is 7.98. The van der Waals surface area contributed by atoms with E-state index < -0.39 is 0 Å². The molecule has 0 saturated carbocycles. The van der Waals surface area contributed by atoms with Crippen LogP contribution in [0.25, 0.3) is 0 Å². The molecule has 1 aromatic rings. The summed E-state index contributed by atoms with van der Waals surface area (Å²) in [5.41, 5.74) is 8.18. The van der Waals surface area contributed by atoms with Crippen LogP contribution in [0.2, 0.25) is 0 Å². The van der Waals surface area contributed by atoms with Gasteiger partial charge in [-0.1, -0.05) is 31.2 Å². The average molecular weight is 235 g/mol. The van der Waals surface area contributed by atoms with Gasteiger partial charge in [0, 0.05) is 13.5 Å². The summed E-state index contributed by atoms with van der Waals surface area (Å²) in [6.07, 6.45) is 1.98. The maximum Gasteiger partial charge on any atom is 0.0662 e. The molecule has 0 bridgehead atoms. The first-order valence-electron chi connectivity index (χ1n) is 6.32. The predicted octanol–water partition coefficient (Wildman–Crippen LogP) is 3.11. The van der Waals surface area contributed by atoms with E-state index in [0.29, 0.717) is 5.92 Å². The second-order valence-electron chi connectivity index (χ2n) is 5.36. The minimum absolute atomic E-state index is 0.0929. The van der Waals surface area contributed by atoms with Crippen molar-refractivity contribution in [2.75, 3.05) is 13.7 Å². The highest BCUT2D eigenvalue weighted by Gasteiger charge is 2.16. The zero-order valence-corrected chi connectivity index (χ0v) is 11.5. The van der Waals surface area contributed by atoms with Gasteiger partial charge in [0.1, 0.15) is 0 Å². The molecule has 1 aromatic carbocycles. The molecule has 17 heavy (non-hydrogen) atoms. The summed E-state index contributed by atoms with van der Waals surface area (Å²) in [6.45, 7) is 7.19. The molecule has 1 rings (SSSR count). The lowest BCUT2D eigenvalue weighted by Gasteiger charge is -2.23. The Morgan fingerprint density at radius 1 is 1.24 bits per heavy atom. The minimum Gasteiger partial charge on any atom is -0.378 e. The van der Waals surface area contributed by atoms with Crippen LogP contribution in [0.3, 0.4) is 0 Å². The molecule has 0 saturated heterocycles. The molecule has 0 aliphatic heterocycles. The monoisotopic (exact) mass is 235 g/mol. The molecule has 0 spiro atoms. The van der Waals surface area contributed by atoms with Crippen molar-refractivity contribution in [3.8, 4) is 0 Å². The molecular formula is C15H25NO. The number of methoxy groups -OCH3 is 1. The van der Waals surface area contributed by atoms with Crippen molar-refractivity contribution in [1.82, 2.24) is 0 Å². The summed E-state index contributed by atoms with van der Waals surface area (Å²) >= 11 is 0. The third-order valence-electron chi connectivity index (χ3n) is 3.33. The summed E-state index contributed by atoms with van der Waals surface area (Å²) < 4.78 is 5.44. The van der Waals surface area contributed by atoms with Crippen LogP contribution in [0.1, 0.15) is 44.2 Å². The van der Waals surface area contributed by atoms with Crippen molar-refractivity contribution in [3.63, 3.8) is 0 Å². The van der Waals surface area contributed by atoms with E-state index in [9.17, 15) is 0 Å². The average Bonchev–Trinajstić information content (AvgIpc) is 2.30. The van der Waals surface area contributed by atoms with Gasteiger partial charge in [-0.3, -0.25) is 0 Å². The molecule has 2 N–H and O–H groups in total. The highest BCUT2D eigenvalue weighted by atomic mass is 16.5. The van der Waals surface area contributed by atoms with Crippen LogP contribution < -0.4 is 5.73 Å². The zero-order valence-electron chi connectivity index (χ0n) is 11.5. The van der Waals surface area contributed by atoms with Crippen LogP contribution in [0.5, 0.6) is 0 Å². The van der Waals surface area contributed by atoms with Crippen molar-refractivity contribution in [3.05, 3.63) is 35.4 Å². The molecule has 0 fully saturated rings. The standard InChI is InChI=1S/C15H25NO/c1-12(9-10-16)14-7-5-13(6-8-14)11-15(2,3)17-4/h5-8,12H,9-11,16H2,1-4H3. The van der Waals surface area contributed by atoms with Crippen LogP contribution in [-0.2, 0) is 11.2 Å². The van der Waals surface area contributed by atoms with E-state index in [4.69, 9.17) is 10.5 Å². The van der Waals surface area contributed by atoms with Crippen LogP contribution >= 0.6 is 0 Å². The Balaban J connectivity index is 2.68. The first kappa shape index (κ1) is 14.2. The van der Waals surface area contributed by atoms with Crippen LogP contribution in [-0.4, -0.2) is 19.3 Å². The predicted molar refractivity (Wildman–Crippen MR) is 73.3 cm³/mol. The lowest BCUT2D eigenvalue weighted by Crippen LogP contribution is -2.25. The zero-order chi connectivity index (χ0) is 12.9. The first-order valence-corrected chi connectivity index (χ1v) is 6.32. The van der Waals surface area contributed by atoms with Crippen molar-refractivity contribution in [1.29, 1.82) is 0 Å². The highest BCUT2D eigenvalue weighted by molar-refractivity contribution is 5.26. The SMILES string of the molecule is COC(C)(C)Cc1ccc(C(C)CCN)cc1. The quantitative estimate of drug-likeness (QED) is 0.822. The number of nitrogens with two attached hydrogens (primary N) is 1. The smallest absolute Gasteiger partial charge is 0.0662 e. The fourth-order valence-electron chi connectivity index (χ4n) is 1.94. The lowest BCUT2D eigenvalue weighted by molar-refractivity contribution is 0.0232. The van der Waals surface area contributed by atoms with Gasteiger partial charge in [-0.2, -0.15) is 0 Å². The maximum atomic E-state index is 5.58. The Morgan fingerprint density at radius 2 is 1.82 bits per heavy atom. The Bertz CT molecular complexity index is 329. The van der Waals surface area contributed by atoms with Crippen molar-refractivity contribution in [2.24, 2.45) is 5.73 Å². The number of ether oxygens (including phenoxy) is 1. The number of benzene rings is 1. The highest BCUT2D eigenvalue weighted by Crippen LogP contribution is 2.21. The molecule has 96 valence electrons. The Hall–Kier alpha value is -0.860. The fourth-order valence-corrected chi connectivity index (χ4v) is 1.94. The fraction of sp³-hybridized carbons (Fsp3) is 0.600. The number of hydrogen-bond acceptors (Lipinski definition) is 2. The third kappa shape index (κ3) is 4.49. The molecule has 0 radical (unpaired) electrons. The van der Waals surface area contributed by atoms with E-state index in [1.807, 2.05) is 0 Å². The second kappa shape index (κ2) is 6.18. The summed E-state index contributed by atoms with van der Waals surface area (Å²) in [6, 6.07) is 8.81. The number of hydrogen-bond donors (Lipinski definition) is 1. The minimum atomic E-state index is -0.0929. The van der Waals surface area contributed by atoms with Crippen molar-refractivity contribution >= 4 is 0 Å². The van der Waals surface area contributed by atoms with E-state index in [0.717, 1.165) is 19.4 Å². The van der Waals surface area contributed by atoms with Crippen LogP contribution in [0, 0.1) is 0 Å². The van der Waals surface area contributed by atoms with Gasteiger partial charge in [-0.15, -0.1) is 0 Å². The molecule has 0 aliphatic carbocycles. The molecule has 1 atom stereocenters. The molecule has 1 unspecified atom stereocenters. The molecule has 0 heterocycles. The van der Waals surface area contributed by atoms with E-state index in [1.165, 1.54) is 11.1 Å². The normalized spacial score (nSPS) is 13.7. The molecule has 2 nitrogen and oxygen atoms in total. The number of rotatable bonds is 6. The van der Waals surface area contributed by atoms with Crippen LogP contribution in [0.4, 0.5) is 0 Å². The topological polar surface area (TPSA) is 35.2 Å². The van der Waals surface area contributed by atoms with Gasteiger partial charge < -0.3 is 10.5 Å². The maximum absolute atomic E-state index is 5.58. The van der Waals surface area contributed by atoms with Gasteiger partial charge in [0.05, 0.1) is 5.60 Å². The molecule has 2 heteroatoms. The second-order valence-corrected chi connectivity index (χ2v) is 5.36. The van der Waals surface area contributed by atoms with E-state index in [-0.39, 0.29) is 5.60 Å². The van der Waals surface area contributed by atoms with Gasteiger partial charge in [-0.05, 0) is 43.9 Å². The molecule has 0 aliphatic rings. The van der Waals surface area contributed by atoms with E-state index in [1.54, 1.807) is 7.11 Å². The van der Waals surface area contributed by atoms with E-state index >= 15 is 0 Å². The van der Waals surface area contributed by atoms with E-state index in [2.05, 4.69) is 45.0 Å². The molecule has 0 aromatic heterocycles. The molecule has 0 amide bonds. The van der Waals surface area contributed by atoms with Crippen molar-refractivity contribution < 1.29 is 4.74 Å². The van der Waals surface area contributed by atoms with Crippen LogP contribution in [0.15, 0.2) is 24.3 Å². The third-order valence-corrected chi connectivity index (χ3v) is 3.33. The van der Waals surface area contributed by atoms with Gasteiger partial charge >= 0.3 is 0 Å². The van der Waals surface area contributed by atoms with Gasteiger partial charge in [0.25, 0.3) is 0 Å². The Morgan fingerprint density at radius 3 is 2.29 bits per heavy atom. The summed E-state index contributed by atoms with van der Waals surface area (Å²) in [5, 5.41) is 0. The largest absolute Gasteiger partial charge is 0.378 e. The summed E-state index contributed by atoms with van der Waals surface area (Å²) in [7, 11) is 1.76. The molecular weight excluding hydrogens is 210 g/mol. The van der Waals surface area contributed by atoms with Crippen molar-refractivity contribution in [2.45, 2.75) is 45.1 Å². The summed E-state index contributed by atoms with van der Waals surface area (Å²) in [4.78, 5) is 0.